The van der Waals surface area contributed by atoms with Gasteiger partial charge in [-0.25, -0.2) is 0 Å². The van der Waals surface area contributed by atoms with E-state index in [9.17, 15) is 0 Å². The largest absolute Gasteiger partial charge is 0.0616 e. The molecule has 0 heterocycles. The predicted molar refractivity (Wildman–Crippen MR) is 102 cm³/mol. The van der Waals surface area contributed by atoms with Crippen LogP contribution in [0.2, 0.25) is 0 Å². The monoisotopic (exact) mass is 302 g/mol. The number of rotatable bonds is 1. The van der Waals surface area contributed by atoms with Gasteiger partial charge in [-0.1, -0.05) is 84.9 Å². The van der Waals surface area contributed by atoms with Crippen molar-refractivity contribution in [1.29, 1.82) is 0 Å². The molecule has 0 nitrogen and oxygen atoms in total. The van der Waals surface area contributed by atoms with Crippen LogP contribution in [0.4, 0.5) is 0 Å². The summed E-state index contributed by atoms with van der Waals surface area (Å²) in [6.45, 7) is 0. The van der Waals surface area contributed by atoms with Crippen molar-refractivity contribution in [1.82, 2.24) is 0 Å². The van der Waals surface area contributed by atoms with Gasteiger partial charge in [-0.05, 0) is 55.6 Å². The first kappa shape index (κ1) is 13.3. The lowest BCUT2D eigenvalue weighted by molar-refractivity contribution is 1.70. The average Bonchev–Trinajstić information content (AvgIpc) is 2.66. The van der Waals surface area contributed by atoms with E-state index in [0.29, 0.717) is 0 Å². The number of fused-ring (bicyclic) bond motifs is 3. The SMILES string of the molecule is [c]1cccc2c(-c3c4ccccc4[c]c4ccccc34)cccc12. The molecule has 0 aliphatic carbocycles. The lowest BCUT2D eigenvalue weighted by Gasteiger charge is -2.14. The van der Waals surface area contributed by atoms with Crippen molar-refractivity contribution in [2.45, 2.75) is 0 Å². The second kappa shape index (κ2) is 5.21. The van der Waals surface area contributed by atoms with E-state index in [4.69, 9.17) is 0 Å². The molecule has 0 aliphatic rings. The van der Waals surface area contributed by atoms with Gasteiger partial charge in [-0.3, -0.25) is 0 Å². The molecule has 0 heteroatoms. The number of hydrogen-bond donors (Lipinski definition) is 0. The number of benzene rings is 5. The molecule has 0 fully saturated rings. The summed E-state index contributed by atoms with van der Waals surface area (Å²) >= 11 is 0. The summed E-state index contributed by atoms with van der Waals surface area (Å²) < 4.78 is 0. The Morgan fingerprint density at radius 1 is 0.500 bits per heavy atom. The van der Waals surface area contributed by atoms with Gasteiger partial charge in [0.25, 0.3) is 0 Å². The van der Waals surface area contributed by atoms with Crippen LogP contribution in [0.5, 0.6) is 0 Å². The normalized spacial score (nSPS) is 11.3. The third-order valence-corrected chi connectivity index (χ3v) is 4.64. The zero-order valence-electron chi connectivity index (χ0n) is 13.1. The highest BCUT2D eigenvalue weighted by Crippen LogP contribution is 2.39. The van der Waals surface area contributed by atoms with Gasteiger partial charge in [0.05, 0.1) is 0 Å². The Balaban J connectivity index is 2.04. The van der Waals surface area contributed by atoms with Gasteiger partial charge in [0.2, 0.25) is 0 Å². The smallest absolute Gasteiger partial charge is 0.00139 e. The molecule has 0 aromatic heterocycles. The van der Waals surface area contributed by atoms with E-state index in [1.54, 1.807) is 0 Å². The Bertz CT molecular complexity index is 1140. The Labute approximate surface area is 141 Å². The molecule has 0 bridgehead atoms. The van der Waals surface area contributed by atoms with Crippen LogP contribution in [-0.4, -0.2) is 0 Å². The highest BCUT2D eigenvalue weighted by molar-refractivity contribution is 6.16. The molecule has 24 heavy (non-hydrogen) atoms. The molecule has 0 spiro atoms. The highest BCUT2D eigenvalue weighted by Gasteiger charge is 2.12. The minimum absolute atomic E-state index is 1.15. The molecule has 5 rings (SSSR count). The molecular formula is C24H14. The zero-order chi connectivity index (χ0) is 15.9. The molecule has 0 amide bonds. The topological polar surface area (TPSA) is 0 Å². The van der Waals surface area contributed by atoms with Gasteiger partial charge >= 0.3 is 0 Å². The quantitative estimate of drug-likeness (QED) is 0.314. The highest BCUT2D eigenvalue weighted by atomic mass is 14.1. The van der Waals surface area contributed by atoms with E-state index >= 15 is 0 Å². The predicted octanol–water partition coefficient (Wildman–Crippen LogP) is 6.41. The van der Waals surface area contributed by atoms with Crippen LogP contribution in [0.3, 0.4) is 0 Å². The fourth-order valence-electron chi connectivity index (χ4n) is 3.57. The molecular weight excluding hydrogens is 288 g/mol. The van der Waals surface area contributed by atoms with Gasteiger partial charge in [0.15, 0.2) is 0 Å². The first-order chi connectivity index (χ1) is 11.9. The van der Waals surface area contributed by atoms with Crippen molar-refractivity contribution in [2.24, 2.45) is 0 Å². The van der Waals surface area contributed by atoms with E-state index in [0.717, 1.165) is 16.2 Å². The van der Waals surface area contributed by atoms with E-state index in [-0.39, 0.29) is 0 Å². The standard InChI is InChI=1S/C24H14/c1-4-12-20-17(8-1)11-7-15-23(20)24-21-13-5-2-9-18(21)16-19-10-3-6-14-22(19)24/h1-7,9-15H. The Kier molecular flexibility index (Phi) is 2.89. The van der Waals surface area contributed by atoms with Gasteiger partial charge in [0.1, 0.15) is 0 Å². The van der Waals surface area contributed by atoms with Crippen molar-refractivity contribution in [3.05, 3.63) is 97.1 Å². The fraction of sp³-hybridized carbons (Fsp3) is 0. The van der Waals surface area contributed by atoms with Crippen molar-refractivity contribution in [3.8, 4) is 11.1 Å². The summed E-state index contributed by atoms with van der Waals surface area (Å²) in [6, 6.07) is 36.6. The van der Waals surface area contributed by atoms with Crippen LogP contribution >= 0.6 is 0 Å². The molecule has 0 N–H and O–H groups in total. The zero-order valence-corrected chi connectivity index (χ0v) is 13.1. The summed E-state index contributed by atoms with van der Waals surface area (Å²) in [6.07, 6.45) is 0. The Morgan fingerprint density at radius 3 is 1.88 bits per heavy atom. The van der Waals surface area contributed by atoms with Crippen molar-refractivity contribution in [3.63, 3.8) is 0 Å². The van der Waals surface area contributed by atoms with Gasteiger partial charge in [-0.15, -0.1) is 0 Å². The van der Waals surface area contributed by atoms with Gasteiger partial charge in [-0.2, -0.15) is 0 Å². The second-order valence-corrected chi connectivity index (χ2v) is 6.03. The van der Waals surface area contributed by atoms with E-state index in [2.05, 4.69) is 91.0 Å². The average molecular weight is 302 g/mol. The third-order valence-electron chi connectivity index (χ3n) is 4.64. The van der Waals surface area contributed by atoms with Crippen molar-refractivity contribution < 1.29 is 0 Å². The van der Waals surface area contributed by atoms with E-state index in [1.165, 1.54) is 27.3 Å². The van der Waals surface area contributed by atoms with Crippen LogP contribution in [-0.2, 0) is 0 Å². The van der Waals surface area contributed by atoms with Gasteiger partial charge < -0.3 is 0 Å². The number of hydrogen-bond acceptors (Lipinski definition) is 0. The molecule has 5 aromatic carbocycles. The lowest BCUT2D eigenvalue weighted by Crippen LogP contribution is -1.87. The van der Waals surface area contributed by atoms with E-state index in [1.807, 2.05) is 6.07 Å². The van der Waals surface area contributed by atoms with Crippen LogP contribution < -0.4 is 0 Å². The Morgan fingerprint density at radius 2 is 1.12 bits per heavy atom. The molecule has 110 valence electrons. The maximum absolute atomic E-state index is 3.56. The lowest BCUT2D eigenvalue weighted by atomic mass is 9.89. The summed E-state index contributed by atoms with van der Waals surface area (Å²) in [5.41, 5.74) is 2.54. The maximum atomic E-state index is 3.56. The molecule has 0 unspecified atom stereocenters. The molecule has 0 saturated heterocycles. The minimum Gasteiger partial charge on any atom is -0.0616 e. The maximum Gasteiger partial charge on any atom is -0.00139 e. The minimum atomic E-state index is 1.15. The van der Waals surface area contributed by atoms with Crippen LogP contribution in [0.15, 0.2) is 84.9 Å². The fourth-order valence-corrected chi connectivity index (χ4v) is 3.57. The van der Waals surface area contributed by atoms with Crippen LogP contribution in [0.1, 0.15) is 0 Å². The molecule has 5 aromatic rings. The van der Waals surface area contributed by atoms with Crippen LogP contribution in [0, 0.1) is 12.1 Å². The Hall–Kier alpha value is -3.12. The second-order valence-electron chi connectivity index (χ2n) is 6.03. The summed E-state index contributed by atoms with van der Waals surface area (Å²) in [4.78, 5) is 0. The summed E-state index contributed by atoms with van der Waals surface area (Å²) in [7, 11) is 0. The summed E-state index contributed by atoms with van der Waals surface area (Å²) in [5, 5.41) is 7.18. The molecule has 0 saturated carbocycles. The third kappa shape index (κ3) is 1.93. The molecule has 0 aliphatic heterocycles. The van der Waals surface area contributed by atoms with Crippen molar-refractivity contribution in [2.75, 3.05) is 0 Å². The first-order valence-corrected chi connectivity index (χ1v) is 8.14. The van der Waals surface area contributed by atoms with Crippen molar-refractivity contribution >= 4 is 32.3 Å². The van der Waals surface area contributed by atoms with Crippen LogP contribution in [0.25, 0.3) is 43.4 Å². The summed E-state index contributed by atoms with van der Waals surface area (Å²) in [5.74, 6) is 0. The molecule has 0 atom stereocenters. The van der Waals surface area contributed by atoms with E-state index < -0.39 is 0 Å². The first-order valence-electron chi connectivity index (χ1n) is 8.14. The van der Waals surface area contributed by atoms with Gasteiger partial charge in [0, 0.05) is 0 Å². The molecule has 2 radical (unpaired) electrons.